The van der Waals surface area contributed by atoms with Gasteiger partial charge in [-0.3, -0.25) is 0 Å². The fourth-order valence-electron chi connectivity index (χ4n) is 1.22. The molecule has 84 valence electrons. The monoisotopic (exact) mass is 239 g/mol. The molecule has 1 atom stereocenters. The van der Waals surface area contributed by atoms with Crippen LogP contribution in [0.4, 0.5) is 0 Å². The first-order valence-corrected chi connectivity index (χ1v) is 5.07. The SMILES string of the molecule is NC[C@H](O)c1nc(-c2ccccc2Cl)no1. The predicted octanol–water partition coefficient (Wildman–Crippen LogP) is 1.38. The van der Waals surface area contributed by atoms with Crippen molar-refractivity contribution in [2.75, 3.05) is 6.54 Å². The van der Waals surface area contributed by atoms with Gasteiger partial charge in [0, 0.05) is 12.1 Å². The zero-order valence-corrected chi connectivity index (χ0v) is 9.05. The average Bonchev–Trinajstić information content (AvgIpc) is 2.78. The lowest BCUT2D eigenvalue weighted by Crippen LogP contribution is -2.11. The normalized spacial score (nSPS) is 12.7. The first kappa shape index (κ1) is 11.1. The number of nitrogens with two attached hydrogens (primary N) is 1. The van der Waals surface area contributed by atoms with E-state index in [1.807, 2.05) is 12.1 Å². The average molecular weight is 240 g/mol. The Labute approximate surface area is 96.8 Å². The van der Waals surface area contributed by atoms with Crippen LogP contribution in [0.5, 0.6) is 0 Å². The van der Waals surface area contributed by atoms with E-state index in [-0.39, 0.29) is 12.4 Å². The van der Waals surface area contributed by atoms with Crippen molar-refractivity contribution in [1.82, 2.24) is 10.1 Å². The molecule has 1 aromatic carbocycles. The van der Waals surface area contributed by atoms with Crippen LogP contribution in [0.1, 0.15) is 12.0 Å². The molecule has 0 amide bonds. The Hall–Kier alpha value is -1.43. The summed E-state index contributed by atoms with van der Waals surface area (Å²) in [6, 6.07) is 7.12. The number of nitrogens with zero attached hydrogens (tertiary/aromatic N) is 2. The summed E-state index contributed by atoms with van der Waals surface area (Å²) >= 11 is 5.97. The second-order valence-corrected chi connectivity index (χ2v) is 3.59. The Morgan fingerprint density at radius 1 is 1.44 bits per heavy atom. The highest BCUT2D eigenvalue weighted by Crippen LogP contribution is 2.25. The quantitative estimate of drug-likeness (QED) is 0.845. The van der Waals surface area contributed by atoms with Gasteiger partial charge in [-0.25, -0.2) is 0 Å². The Bertz CT molecular complexity index is 486. The van der Waals surface area contributed by atoms with E-state index < -0.39 is 6.10 Å². The van der Waals surface area contributed by atoms with Crippen LogP contribution in [0.3, 0.4) is 0 Å². The highest BCUT2D eigenvalue weighted by atomic mass is 35.5. The number of benzene rings is 1. The zero-order chi connectivity index (χ0) is 11.5. The molecule has 0 aliphatic carbocycles. The van der Waals surface area contributed by atoms with Crippen molar-refractivity contribution in [2.24, 2.45) is 5.73 Å². The zero-order valence-electron chi connectivity index (χ0n) is 8.30. The van der Waals surface area contributed by atoms with Crippen LogP contribution in [0, 0.1) is 0 Å². The van der Waals surface area contributed by atoms with Gasteiger partial charge in [0.1, 0.15) is 6.10 Å². The maximum atomic E-state index is 9.40. The molecule has 5 nitrogen and oxygen atoms in total. The fraction of sp³-hybridized carbons (Fsp3) is 0.200. The van der Waals surface area contributed by atoms with Gasteiger partial charge in [-0.2, -0.15) is 4.98 Å². The van der Waals surface area contributed by atoms with Crippen LogP contribution in [-0.2, 0) is 0 Å². The molecular formula is C10H10ClN3O2. The molecule has 0 radical (unpaired) electrons. The third-order valence-electron chi connectivity index (χ3n) is 2.06. The summed E-state index contributed by atoms with van der Waals surface area (Å²) < 4.78 is 4.88. The molecule has 16 heavy (non-hydrogen) atoms. The summed E-state index contributed by atoms with van der Waals surface area (Å²) in [6.45, 7) is 0.0319. The van der Waals surface area contributed by atoms with Crippen molar-refractivity contribution in [2.45, 2.75) is 6.10 Å². The Kier molecular flexibility index (Phi) is 3.19. The van der Waals surface area contributed by atoms with Gasteiger partial charge in [0.05, 0.1) is 5.02 Å². The van der Waals surface area contributed by atoms with Crippen LogP contribution in [0.2, 0.25) is 5.02 Å². The van der Waals surface area contributed by atoms with Gasteiger partial charge >= 0.3 is 0 Å². The topological polar surface area (TPSA) is 85.2 Å². The lowest BCUT2D eigenvalue weighted by Gasteiger charge is -1.98. The molecule has 3 N–H and O–H groups in total. The van der Waals surface area contributed by atoms with Gasteiger partial charge in [0.15, 0.2) is 0 Å². The summed E-state index contributed by atoms with van der Waals surface area (Å²) in [4.78, 5) is 4.02. The van der Waals surface area contributed by atoms with Gasteiger partial charge in [-0.15, -0.1) is 0 Å². The molecule has 0 bridgehead atoms. The van der Waals surface area contributed by atoms with Crippen LogP contribution in [-0.4, -0.2) is 21.8 Å². The summed E-state index contributed by atoms with van der Waals surface area (Å²) in [5, 5.41) is 13.7. The van der Waals surface area contributed by atoms with E-state index >= 15 is 0 Å². The Balaban J connectivity index is 2.35. The lowest BCUT2D eigenvalue weighted by atomic mass is 10.2. The molecule has 1 aromatic heterocycles. The van der Waals surface area contributed by atoms with Crippen molar-refractivity contribution in [3.05, 3.63) is 35.2 Å². The fourth-order valence-corrected chi connectivity index (χ4v) is 1.44. The van der Waals surface area contributed by atoms with Crippen molar-refractivity contribution < 1.29 is 9.63 Å². The molecule has 0 unspecified atom stereocenters. The Morgan fingerprint density at radius 2 is 2.19 bits per heavy atom. The molecule has 0 saturated carbocycles. The van der Waals surface area contributed by atoms with Crippen LogP contribution >= 0.6 is 11.6 Å². The van der Waals surface area contributed by atoms with Gasteiger partial charge < -0.3 is 15.4 Å². The van der Waals surface area contributed by atoms with Crippen LogP contribution in [0.25, 0.3) is 11.4 Å². The van der Waals surface area contributed by atoms with E-state index in [1.165, 1.54) is 0 Å². The van der Waals surface area contributed by atoms with Crippen LogP contribution < -0.4 is 5.73 Å². The minimum absolute atomic E-state index is 0.0319. The summed E-state index contributed by atoms with van der Waals surface area (Å²) in [5.41, 5.74) is 5.93. The van der Waals surface area contributed by atoms with E-state index in [1.54, 1.807) is 12.1 Å². The van der Waals surface area contributed by atoms with Crippen LogP contribution in [0.15, 0.2) is 28.8 Å². The van der Waals surface area contributed by atoms with Gasteiger partial charge in [0.2, 0.25) is 5.82 Å². The summed E-state index contributed by atoms with van der Waals surface area (Å²) in [7, 11) is 0. The number of rotatable bonds is 3. The number of hydrogen-bond acceptors (Lipinski definition) is 5. The van der Waals surface area contributed by atoms with Crippen molar-refractivity contribution in [3.63, 3.8) is 0 Å². The number of aliphatic hydroxyl groups excluding tert-OH is 1. The second-order valence-electron chi connectivity index (χ2n) is 3.19. The van der Waals surface area contributed by atoms with Crippen molar-refractivity contribution in [3.8, 4) is 11.4 Å². The molecule has 0 fully saturated rings. The highest BCUT2D eigenvalue weighted by Gasteiger charge is 2.16. The van der Waals surface area contributed by atoms with E-state index in [9.17, 15) is 5.11 Å². The smallest absolute Gasteiger partial charge is 0.257 e. The molecule has 0 aliphatic rings. The largest absolute Gasteiger partial charge is 0.382 e. The number of aliphatic hydroxyl groups is 1. The maximum Gasteiger partial charge on any atom is 0.257 e. The molecule has 2 rings (SSSR count). The van der Waals surface area contributed by atoms with Crippen molar-refractivity contribution in [1.29, 1.82) is 0 Å². The first-order chi connectivity index (χ1) is 7.72. The van der Waals surface area contributed by atoms with Gasteiger partial charge in [0.25, 0.3) is 5.89 Å². The minimum Gasteiger partial charge on any atom is -0.382 e. The molecule has 0 spiro atoms. The highest BCUT2D eigenvalue weighted by molar-refractivity contribution is 6.33. The summed E-state index contributed by atoms with van der Waals surface area (Å²) in [5.74, 6) is 0.436. The van der Waals surface area contributed by atoms with Gasteiger partial charge in [-0.05, 0) is 12.1 Å². The van der Waals surface area contributed by atoms with Crippen molar-refractivity contribution >= 4 is 11.6 Å². The summed E-state index contributed by atoms with van der Waals surface area (Å²) in [6.07, 6.45) is -0.941. The lowest BCUT2D eigenvalue weighted by molar-refractivity contribution is 0.141. The maximum absolute atomic E-state index is 9.40. The molecule has 6 heteroatoms. The molecule has 2 aromatic rings. The third-order valence-corrected chi connectivity index (χ3v) is 2.39. The molecule has 0 saturated heterocycles. The third kappa shape index (κ3) is 2.06. The molecular weight excluding hydrogens is 230 g/mol. The number of halogens is 1. The Morgan fingerprint density at radius 3 is 2.88 bits per heavy atom. The molecule has 0 aliphatic heterocycles. The second kappa shape index (κ2) is 4.61. The van der Waals surface area contributed by atoms with E-state index in [2.05, 4.69) is 10.1 Å². The van der Waals surface area contributed by atoms with E-state index in [0.29, 0.717) is 16.4 Å². The number of hydrogen-bond donors (Lipinski definition) is 2. The first-order valence-electron chi connectivity index (χ1n) is 4.69. The van der Waals surface area contributed by atoms with E-state index in [0.717, 1.165) is 0 Å². The minimum atomic E-state index is -0.941. The van der Waals surface area contributed by atoms with Gasteiger partial charge in [-0.1, -0.05) is 28.9 Å². The molecule has 1 heterocycles. The standard InChI is InChI=1S/C10H10ClN3O2/c11-7-4-2-1-3-6(7)9-13-10(16-14-9)8(15)5-12/h1-4,8,15H,5,12H2/t8-/m0/s1. The number of aromatic nitrogens is 2. The van der Waals surface area contributed by atoms with E-state index in [4.69, 9.17) is 21.9 Å². The predicted molar refractivity (Wildman–Crippen MR) is 58.8 cm³/mol.